The van der Waals surface area contributed by atoms with Gasteiger partial charge in [0, 0.05) is 24.7 Å². The number of carbonyl (C=O) groups excluding carboxylic acids is 1. The van der Waals surface area contributed by atoms with Crippen LogP contribution in [0.15, 0.2) is 18.2 Å². The van der Waals surface area contributed by atoms with Gasteiger partial charge in [-0.25, -0.2) is 0 Å². The van der Waals surface area contributed by atoms with Gasteiger partial charge in [0.05, 0.1) is 0 Å². The number of rotatable bonds is 1. The number of hydrogen-bond donors (Lipinski definition) is 1. The number of nitrogens with zero attached hydrogens (tertiary/aromatic N) is 1. The predicted molar refractivity (Wildman–Crippen MR) is 72.8 cm³/mol. The van der Waals surface area contributed by atoms with Crippen LogP contribution in [-0.4, -0.2) is 19.5 Å². The molecule has 0 aromatic heterocycles. The quantitative estimate of drug-likeness (QED) is 0.821. The standard InChI is InChI=1S/C15H20N2O/c1-15(9-4-10-16-15)12-5-3-6-13-11(12)7-8-14(18)17(13)2/h3,5-6,16H,4,7-10H2,1-2H3. The van der Waals surface area contributed by atoms with Crippen LogP contribution in [0.5, 0.6) is 0 Å². The summed E-state index contributed by atoms with van der Waals surface area (Å²) in [6.45, 7) is 3.38. The molecule has 1 saturated heterocycles. The Morgan fingerprint density at radius 1 is 1.33 bits per heavy atom. The smallest absolute Gasteiger partial charge is 0.227 e. The van der Waals surface area contributed by atoms with E-state index in [0.29, 0.717) is 6.42 Å². The predicted octanol–water partition coefficient (Wildman–Crippen LogP) is 2.19. The molecule has 18 heavy (non-hydrogen) atoms. The Labute approximate surface area is 108 Å². The summed E-state index contributed by atoms with van der Waals surface area (Å²) >= 11 is 0. The molecule has 2 aliphatic heterocycles. The molecule has 1 fully saturated rings. The summed E-state index contributed by atoms with van der Waals surface area (Å²) in [5.74, 6) is 0.226. The third kappa shape index (κ3) is 1.65. The van der Waals surface area contributed by atoms with Crippen molar-refractivity contribution in [1.82, 2.24) is 5.32 Å². The summed E-state index contributed by atoms with van der Waals surface area (Å²) in [5.41, 5.74) is 3.93. The highest BCUT2D eigenvalue weighted by Gasteiger charge is 2.34. The first-order chi connectivity index (χ1) is 8.62. The van der Waals surface area contributed by atoms with Crippen LogP contribution in [0.3, 0.4) is 0 Å². The summed E-state index contributed by atoms with van der Waals surface area (Å²) < 4.78 is 0. The third-order valence-electron chi connectivity index (χ3n) is 4.44. The van der Waals surface area contributed by atoms with E-state index in [0.717, 1.165) is 18.7 Å². The van der Waals surface area contributed by atoms with Crippen LogP contribution in [0.1, 0.15) is 37.3 Å². The number of fused-ring (bicyclic) bond motifs is 1. The molecule has 96 valence electrons. The number of benzene rings is 1. The number of hydrogen-bond acceptors (Lipinski definition) is 2. The van der Waals surface area contributed by atoms with Crippen molar-refractivity contribution in [2.75, 3.05) is 18.5 Å². The maximum atomic E-state index is 11.8. The van der Waals surface area contributed by atoms with E-state index < -0.39 is 0 Å². The Kier molecular flexibility index (Phi) is 2.67. The van der Waals surface area contributed by atoms with Crippen molar-refractivity contribution >= 4 is 11.6 Å². The fourth-order valence-electron chi connectivity index (χ4n) is 3.33. The first-order valence-electron chi connectivity index (χ1n) is 6.76. The molecule has 3 rings (SSSR count). The number of amides is 1. The number of carbonyl (C=O) groups is 1. The Bertz CT molecular complexity index is 489. The van der Waals surface area contributed by atoms with Gasteiger partial charge in [0.1, 0.15) is 0 Å². The molecule has 1 atom stereocenters. The largest absolute Gasteiger partial charge is 0.315 e. The maximum Gasteiger partial charge on any atom is 0.227 e. The minimum Gasteiger partial charge on any atom is -0.315 e. The second-order valence-corrected chi connectivity index (χ2v) is 5.62. The molecule has 2 aliphatic rings. The lowest BCUT2D eigenvalue weighted by Crippen LogP contribution is -2.37. The normalized spacial score (nSPS) is 27.4. The van der Waals surface area contributed by atoms with Gasteiger partial charge in [-0.3, -0.25) is 4.79 Å². The molecule has 0 bridgehead atoms. The average Bonchev–Trinajstić information content (AvgIpc) is 2.81. The molecule has 0 saturated carbocycles. The van der Waals surface area contributed by atoms with Crippen molar-refractivity contribution in [3.8, 4) is 0 Å². The van der Waals surface area contributed by atoms with Gasteiger partial charge in [0.15, 0.2) is 0 Å². The van der Waals surface area contributed by atoms with E-state index in [2.05, 4.69) is 30.4 Å². The van der Waals surface area contributed by atoms with Crippen LogP contribution in [0.2, 0.25) is 0 Å². The Hall–Kier alpha value is -1.35. The van der Waals surface area contributed by atoms with Gasteiger partial charge in [-0.15, -0.1) is 0 Å². The molecule has 1 aromatic rings. The second-order valence-electron chi connectivity index (χ2n) is 5.62. The first kappa shape index (κ1) is 11.7. The molecule has 3 nitrogen and oxygen atoms in total. The zero-order chi connectivity index (χ0) is 12.8. The molecule has 1 unspecified atom stereocenters. The van der Waals surface area contributed by atoms with Crippen molar-refractivity contribution in [2.45, 2.75) is 38.1 Å². The van der Waals surface area contributed by atoms with Crippen molar-refractivity contribution < 1.29 is 4.79 Å². The van der Waals surface area contributed by atoms with Crippen LogP contribution < -0.4 is 10.2 Å². The summed E-state index contributed by atoms with van der Waals surface area (Å²) in [6.07, 6.45) is 3.93. The van der Waals surface area contributed by atoms with E-state index in [9.17, 15) is 4.79 Å². The first-order valence-corrected chi connectivity index (χ1v) is 6.76. The minimum atomic E-state index is 0.0899. The molecular formula is C15H20N2O. The SMILES string of the molecule is CN1C(=O)CCc2c1cccc2C1(C)CCCN1. The van der Waals surface area contributed by atoms with Crippen molar-refractivity contribution in [3.63, 3.8) is 0 Å². The average molecular weight is 244 g/mol. The highest BCUT2D eigenvalue weighted by atomic mass is 16.2. The summed E-state index contributed by atoms with van der Waals surface area (Å²) in [6, 6.07) is 6.36. The summed E-state index contributed by atoms with van der Waals surface area (Å²) in [7, 11) is 1.88. The van der Waals surface area contributed by atoms with Gasteiger partial charge in [-0.1, -0.05) is 12.1 Å². The Morgan fingerprint density at radius 3 is 2.89 bits per heavy atom. The van der Waals surface area contributed by atoms with Crippen molar-refractivity contribution in [3.05, 3.63) is 29.3 Å². The van der Waals surface area contributed by atoms with Crippen LogP contribution in [-0.2, 0) is 16.8 Å². The second kappa shape index (κ2) is 4.09. The minimum absolute atomic E-state index is 0.0899. The van der Waals surface area contributed by atoms with E-state index in [1.54, 1.807) is 4.90 Å². The molecule has 3 heteroatoms. The lowest BCUT2D eigenvalue weighted by Gasteiger charge is -2.33. The molecule has 0 spiro atoms. The molecule has 1 N–H and O–H groups in total. The van der Waals surface area contributed by atoms with Gasteiger partial charge < -0.3 is 10.2 Å². The fraction of sp³-hybridized carbons (Fsp3) is 0.533. The number of nitrogens with one attached hydrogen (secondary N) is 1. The van der Waals surface area contributed by atoms with Crippen LogP contribution in [0, 0.1) is 0 Å². The molecular weight excluding hydrogens is 224 g/mol. The summed E-state index contributed by atoms with van der Waals surface area (Å²) in [4.78, 5) is 13.6. The van der Waals surface area contributed by atoms with Crippen LogP contribution >= 0.6 is 0 Å². The lowest BCUT2D eigenvalue weighted by molar-refractivity contribution is -0.118. The lowest BCUT2D eigenvalue weighted by atomic mass is 9.83. The molecule has 0 aliphatic carbocycles. The van der Waals surface area contributed by atoms with E-state index in [1.165, 1.54) is 24.0 Å². The monoisotopic (exact) mass is 244 g/mol. The number of anilines is 1. The zero-order valence-corrected chi connectivity index (χ0v) is 11.1. The Morgan fingerprint density at radius 2 is 2.17 bits per heavy atom. The fourth-order valence-corrected chi connectivity index (χ4v) is 3.33. The van der Waals surface area contributed by atoms with E-state index in [4.69, 9.17) is 0 Å². The van der Waals surface area contributed by atoms with Gasteiger partial charge >= 0.3 is 0 Å². The maximum absolute atomic E-state index is 11.8. The molecule has 1 amide bonds. The highest BCUT2D eigenvalue weighted by molar-refractivity contribution is 5.96. The van der Waals surface area contributed by atoms with Crippen molar-refractivity contribution in [1.29, 1.82) is 0 Å². The topological polar surface area (TPSA) is 32.3 Å². The Balaban J connectivity index is 2.10. The van der Waals surface area contributed by atoms with Gasteiger partial charge in [0.2, 0.25) is 5.91 Å². The highest BCUT2D eigenvalue weighted by Crippen LogP contribution is 2.38. The molecule has 1 aromatic carbocycles. The van der Waals surface area contributed by atoms with Crippen LogP contribution in [0.25, 0.3) is 0 Å². The van der Waals surface area contributed by atoms with Crippen molar-refractivity contribution in [2.24, 2.45) is 0 Å². The zero-order valence-electron chi connectivity index (χ0n) is 11.1. The van der Waals surface area contributed by atoms with E-state index in [-0.39, 0.29) is 11.4 Å². The van der Waals surface area contributed by atoms with Gasteiger partial charge in [-0.05, 0) is 49.9 Å². The van der Waals surface area contributed by atoms with Gasteiger partial charge in [-0.2, -0.15) is 0 Å². The van der Waals surface area contributed by atoms with Crippen LogP contribution in [0.4, 0.5) is 5.69 Å². The molecule has 0 radical (unpaired) electrons. The summed E-state index contributed by atoms with van der Waals surface area (Å²) in [5, 5.41) is 3.62. The van der Waals surface area contributed by atoms with E-state index in [1.807, 2.05) is 7.05 Å². The third-order valence-corrected chi connectivity index (χ3v) is 4.44. The van der Waals surface area contributed by atoms with E-state index >= 15 is 0 Å². The van der Waals surface area contributed by atoms with Gasteiger partial charge in [0.25, 0.3) is 0 Å². The molecule has 2 heterocycles.